The number of nitrogens with zero attached hydrogens (tertiary/aromatic N) is 3. The van der Waals surface area contributed by atoms with E-state index in [9.17, 15) is 10.1 Å². The molecule has 1 saturated heterocycles. The maximum atomic E-state index is 12.6. The summed E-state index contributed by atoms with van der Waals surface area (Å²) in [4.78, 5) is 15.4. The zero-order chi connectivity index (χ0) is 20.7. The molecule has 7 heteroatoms. The van der Waals surface area contributed by atoms with E-state index in [1.165, 1.54) is 5.56 Å². The molecule has 1 saturated carbocycles. The number of rotatable bonds is 4. The summed E-state index contributed by atoms with van der Waals surface area (Å²) >= 11 is 0. The molecule has 0 spiro atoms. The van der Waals surface area contributed by atoms with Crippen molar-refractivity contribution in [3.8, 4) is 6.07 Å². The Morgan fingerprint density at radius 2 is 2.00 bits per heavy atom. The van der Waals surface area contributed by atoms with Crippen LogP contribution in [-0.4, -0.2) is 28.0 Å². The van der Waals surface area contributed by atoms with E-state index in [2.05, 4.69) is 35.4 Å². The molecular formula is C23H25N5O2. The molecular weight excluding hydrogens is 378 g/mol. The van der Waals surface area contributed by atoms with Gasteiger partial charge in [0.2, 0.25) is 0 Å². The second kappa shape index (κ2) is 7.29. The highest BCUT2D eigenvalue weighted by Gasteiger charge is 2.35. The molecule has 0 unspecified atom stereocenters. The maximum absolute atomic E-state index is 12.6. The lowest BCUT2D eigenvalue weighted by Crippen LogP contribution is -2.43. The van der Waals surface area contributed by atoms with Gasteiger partial charge in [0.25, 0.3) is 5.56 Å². The normalized spacial score (nSPS) is 22.9. The van der Waals surface area contributed by atoms with Crippen LogP contribution in [0.4, 0.5) is 11.5 Å². The van der Waals surface area contributed by atoms with Gasteiger partial charge >= 0.3 is 0 Å². The molecule has 7 nitrogen and oxygen atoms in total. The zero-order valence-corrected chi connectivity index (χ0v) is 17.0. The Kier molecular flexibility index (Phi) is 4.59. The first-order valence-electron chi connectivity index (χ1n) is 10.5. The molecule has 0 radical (unpaired) electrons. The Hall–Kier alpha value is -3.11. The number of benzene rings is 1. The molecule has 2 aromatic heterocycles. The lowest BCUT2D eigenvalue weighted by Gasteiger charge is -2.38. The van der Waals surface area contributed by atoms with Gasteiger partial charge in [-0.25, -0.2) is 0 Å². The number of anilines is 2. The molecule has 2 aliphatic rings. The fraction of sp³-hybridized carbons (Fsp3) is 0.435. The molecule has 0 amide bonds. The van der Waals surface area contributed by atoms with Crippen molar-refractivity contribution in [3.63, 3.8) is 0 Å². The second-order valence-electron chi connectivity index (χ2n) is 8.70. The van der Waals surface area contributed by atoms with Crippen LogP contribution in [0.25, 0.3) is 10.9 Å². The Morgan fingerprint density at radius 1 is 1.23 bits per heavy atom. The van der Waals surface area contributed by atoms with Crippen LogP contribution in [0.1, 0.15) is 44.2 Å². The Morgan fingerprint density at radius 3 is 2.70 bits per heavy atom. The van der Waals surface area contributed by atoms with Crippen molar-refractivity contribution in [2.24, 2.45) is 5.92 Å². The summed E-state index contributed by atoms with van der Waals surface area (Å²) in [6.07, 6.45) is 5.55. The molecule has 2 atom stereocenters. The first-order valence-corrected chi connectivity index (χ1v) is 10.5. The van der Waals surface area contributed by atoms with Crippen molar-refractivity contribution in [1.29, 1.82) is 5.26 Å². The van der Waals surface area contributed by atoms with Gasteiger partial charge in [0.15, 0.2) is 5.82 Å². The van der Waals surface area contributed by atoms with Gasteiger partial charge in [0.1, 0.15) is 5.39 Å². The van der Waals surface area contributed by atoms with Crippen LogP contribution < -0.4 is 10.9 Å². The standard InChI is InChI=1S/C23H25N5O2/c1-23(13-30-14-23)16-6-8-17(9-7-16)26-21-20-19(10-11-25-22(20)29)28(27-21)18-5-3-2-4-15(18)12-24/h6-11,15,18H,2-5,13-14H2,1H3,(H,25,29)(H,26,27)/t15-,18+/m1/s1. The summed E-state index contributed by atoms with van der Waals surface area (Å²) in [6.45, 7) is 3.68. The van der Waals surface area contributed by atoms with Crippen molar-refractivity contribution in [2.45, 2.75) is 44.1 Å². The summed E-state index contributed by atoms with van der Waals surface area (Å²) in [7, 11) is 0. The van der Waals surface area contributed by atoms with Gasteiger partial charge in [0, 0.05) is 17.3 Å². The lowest BCUT2D eigenvalue weighted by molar-refractivity contribution is -0.0499. The molecule has 0 bridgehead atoms. The van der Waals surface area contributed by atoms with E-state index in [-0.39, 0.29) is 22.9 Å². The molecule has 30 heavy (non-hydrogen) atoms. The van der Waals surface area contributed by atoms with Gasteiger partial charge < -0.3 is 15.0 Å². The van der Waals surface area contributed by atoms with Gasteiger partial charge in [0.05, 0.1) is 36.8 Å². The van der Waals surface area contributed by atoms with Gasteiger partial charge in [-0.3, -0.25) is 9.48 Å². The highest BCUT2D eigenvalue weighted by Crippen LogP contribution is 2.37. The van der Waals surface area contributed by atoms with Gasteiger partial charge in [-0.15, -0.1) is 0 Å². The minimum atomic E-state index is -0.179. The van der Waals surface area contributed by atoms with E-state index in [1.54, 1.807) is 6.20 Å². The van der Waals surface area contributed by atoms with Crippen molar-refractivity contribution < 1.29 is 4.74 Å². The Bertz CT molecular complexity index is 1170. The van der Waals surface area contributed by atoms with Gasteiger partial charge in [-0.05, 0) is 36.6 Å². The molecule has 2 fully saturated rings. The number of hydrogen-bond acceptors (Lipinski definition) is 5. The summed E-state index contributed by atoms with van der Waals surface area (Å²) < 4.78 is 7.26. The predicted molar refractivity (Wildman–Crippen MR) is 115 cm³/mol. The molecule has 1 aromatic carbocycles. The topological polar surface area (TPSA) is 95.7 Å². The third-order valence-corrected chi connectivity index (χ3v) is 6.53. The number of H-pyrrole nitrogens is 1. The first-order chi connectivity index (χ1) is 14.6. The molecule has 5 rings (SSSR count). The number of aromatic amines is 1. The average molecular weight is 403 g/mol. The number of pyridine rings is 1. The predicted octanol–water partition coefficient (Wildman–Crippen LogP) is 4.01. The first kappa shape index (κ1) is 18.9. The minimum Gasteiger partial charge on any atom is -0.379 e. The van der Waals surface area contributed by atoms with Crippen molar-refractivity contribution >= 4 is 22.4 Å². The largest absolute Gasteiger partial charge is 0.379 e. The van der Waals surface area contributed by atoms with E-state index in [4.69, 9.17) is 9.84 Å². The maximum Gasteiger partial charge on any atom is 0.261 e. The minimum absolute atomic E-state index is 0.00968. The number of fused-ring (bicyclic) bond motifs is 1. The van der Waals surface area contributed by atoms with E-state index >= 15 is 0 Å². The Balaban J connectivity index is 1.52. The number of nitrogens with one attached hydrogen (secondary N) is 2. The van der Waals surface area contributed by atoms with Crippen LogP contribution in [-0.2, 0) is 10.2 Å². The van der Waals surface area contributed by atoms with Crippen molar-refractivity contribution in [3.05, 3.63) is 52.4 Å². The molecule has 1 aliphatic carbocycles. The summed E-state index contributed by atoms with van der Waals surface area (Å²) in [5, 5.41) is 18.3. The van der Waals surface area contributed by atoms with Crippen LogP contribution >= 0.6 is 0 Å². The number of hydrogen-bond donors (Lipinski definition) is 2. The quantitative estimate of drug-likeness (QED) is 0.686. The smallest absolute Gasteiger partial charge is 0.261 e. The fourth-order valence-electron chi connectivity index (χ4n) is 4.66. The lowest BCUT2D eigenvalue weighted by atomic mass is 9.81. The third-order valence-electron chi connectivity index (χ3n) is 6.53. The second-order valence-corrected chi connectivity index (χ2v) is 8.70. The van der Waals surface area contributed by atoms with Crippen LogP contribution in [0.2, 0.25) is 0 Å². The Labute approximate surface area is 174 Å². The zero-order valence-electron chi connectivity index (χ0n) is 17.0. The summed E-state index contributed by atoms with van der Waals surface area (Å²) in [5.41, 5.74) is 2.78. The summed E-state index contributed by atoms with van der Waals surface area (Å²) in [5.74, 6) is 0.443. The molecule has 154 valence electrons. The summed E-state index contributed by atoms with van der Waals surface area (Å²) in [6, 6.07) is 12.5. The van der Waals surface area contributed by atoms with Crippen LogP contribution in [0, 0.1) is 17.2 Å². The van der Waals surface area contributed by atoms with Gasteiger partial charge in [-0.2, -0.15) is 10.4 Å². The van der Waals surface area contributed by atoms with E-state index in [0.717, 1.165) is 50.1 Å². The number of aromatic nitrogens is 3. The fourth-order valence-corrected chi connectivity index (χ4v) is 4.66. The van der Waals surface area contributed by atoms with E-state index in [0.29, 0.717) is 11.2 Å². The third kappa shape index (κ3) is 3.08. The van der Waals surface area contributed by atoms with E-state index in [1.807, 2.05) is 22.9 Å². The van der Waals surface area contributed by atoms with E-state index < -0.39 is 0 Å². The molecule has 3 aromatic rings. The SMILES string of the molecule is CC1(c2ccc(Nc3nn([C@H]4CCCC[C@@H]4C#N)c4cc[nH]c(=O)c34)cc2)COC1. The van der Waals surface area contributed by atoms with Crippen molar-refractivity contribution in [1.82, 2.24) is 14.8 Å². The van der Waals surface area contributed by atoms with Crippen molar-refractivity contribution in [2.75, 3.05) is 18.5 Å². The number of ether oxygens (including phenoxy) is 1. The van der Waals surface area contributed by atoms with Crippen LogP contribution in [0.15, 0.2) is 41.3 Å². The van der Waals surface area contributed by atoms with Gasteiger partial charge in [-0.1, -0.05) is 31.9 Å². The highest BCUT2D eigenvalue weighted by molar-refractivity contribution is 5.91. The molecule has 2 N–H and O–H groups in total. The highest BCUT2D eigenvalue weighted by atomic mass is 16.5. The average Bonchev–Trinajstić information content (AvgIpc) is 3.12. The van der Waals surface area contributed by atoms with Crippen LogP contribution in [0.3, 0.4) is 0 Å². The molecule has 1 aliphatic heterocycles. The molecule has 3 heterocycles. The number of nitriles is 1. The van der Waals surface area contributed by atoms with Crippen LogP contribution in [0.5, 0.6) is 0 Å². The monoisotopic (exact) mass is 403 g/mol.